The van der Waals surface area contributed by atoms with Crippen LogP contribution in [0.5, 0.6) is 11.5 Å². The topological polar surface area (TPSA) is 381 Å². The van der Waals surface area contributed by atoms with E-state index in [9.17, 15) is 70.2 Å². The Morgan fingerprint density at radius 1 is 0.618 bits per heavy atom. The first-order valence-electron chi connectivity index (χ1n) is 23.8. The Morgan fingerprint density at radius 2 is 1.25 bits per heavy atom. The number of rotatable bonds is 19. The molecule has 0 amide bonds. The zero-order valence-corrected chi connectivity index (χ0v) is 40.9. The molecule has 4 fully saturated rings. The van der Waals surface area contributed by atoms with Gasteiger partial charge in [-0.2, -0.15) is 0 Å². The number of benzene rings is 3. The molecule has 10 N–H and O–H groups in total. The van der Waals surface area contributed by atoms with E-state index in [1.165, 1.54) is 62.6 Å². The van der Waals surface area contributed by atoms with E-state index in [4.69, 9.17) is 56.8 Å². The smallest absolute Gasteiger partial charge is 0.338 e. The van der Waals surface area contributed by atoms with Gasteiger partial charge in [0.1, 0.15) is 80.4 Å². The van der Waals surface area contributed by atoms with Crippen LogP contribution in [0.15, 0.2) is 84.9 Å². The number of hydrogen-bond donors (Lipinski definition) is 10. The van der Waals surface area contributed by atoms with Gasteiger partial charge < -0.3 is 108 Å². The Morgan fingerprint density at radius 3 is 1.87 bits per heavy atom. The number of carbonyl (C=O) groups is 4. The minimum Gasteiger partial charge on any atom is -0.493 e. The molecule has 0 aromatic heterocycles. The molecule has 4 aliphatic rings. The minimum absolute atomic E-state index is 0.0130. The predicted octanol–water partition coefficient (Wildman–Crippen LogP) is -2.79. The van der Waals surface area contributed by atoms with E-state index in [1.54, 1.807) is 36.4 Å². The lowest BCUT2D eigenvalue weighted by Crippen LogP contribution is -2.64. The molecule has 3 aromatic rings. The molecule has 0 bridgehead atoms. The van der Waals surface area contributed by atoms with Gasteiger partial charge in [0.25, 0.3) is 0 Å². The van der Waals surface area contributed by atoms with Crippen LogP contribution in [0.25, 0.3) is 6.08 Å². The normalized spacial score (nSPS) is 35.5. The monoisotopic (exact) mass is 1080 g/mol. The molecule has 0 saturated carbocycles. The SMILES string of the molecule is COc1cc(C=CC(=O)OC2C(O)C(CO)OC2(CO)OC2OC(COC(=O)c3ccccc3)C(OC(=O)c3ccccc3)C(O)C2O)ccc1OC1OC(C)C(OC2OC(CO)C(O)C(O)C2O)C(O)C1OC(C)=O. The summed E-state index contributed by atoms with van der Waals surface area (Å²) < 4.78 is 68.2. The van der Waals surface area contributed by atoms with E-state index in [0.717, 1.165) is 13.0 Å². The average molecular weight is 1080 g/mol. The Bertz CT molecular complexity index is 2440. The maximum atomic E-state index is 13.5. The molecular weight excluding hydrogens is 1020 g/mol. The van der Waals surface area contributed by atoms with E-state index < -0.39 is 167 Å². The van der Waals surface area contributed by atoms with Crippen molar-refractivity contribution in [2.75, 3.05) is 33.5 Å². The molecule has 0 spiro atoms. The second-order valence-corrected chi connectivity index (χ2v) is 17.9. The Kier molecular flexibility index (Phi) is 19.5. The number of ether oxygens (including phenoxy) is 12. The van der Waals surface area contributed by atoms with Gasteiger partial charge in [0, 0.05) is 13.0 Å². The first-order chi connectivity index (χ1) is 36.3. The zero-order valence-electron chi connectivity index (χ0n) is 40.9. The molecule has 0 aliphatic carbocycles. The van der Waals surface area contributed by atoms with Gasteiger partial charge >= 0.3 is 23.9 Å². The summed E-state index contributed by atoms with van der Waals surface area (Å²) in [6, 6.07) is 19.5. The third kappa shape index (κ3) is 13.0. The molecule has 0 radical (unpaired) electrons. The first kappa shape index (κ1) is 57.9. The van der Waals surface area contributed by atoms with Gasteiger partial charge in [0.15, 0.2) is 42.4 Å². The molecule has 7 rings (SSSR count). The maximum Gasteiger partial charge on any atom is 0.338 e. The highest BCUT2D eigenvalue weighted by atomic mass is 16.8. The van der Waals surface area contributed by atoms with Crippen LogP contribution in [-0.2, 0) is 57.0 Å². The van der Waals surface area contributed by atoms with Crippen molar-refractivity contribution in [3.05, 3.63) is 102 Å². The molecule has 416 valence electrons. The fraction of sp³-hybridized carbons (Fsp3) is 0.520. The Hall–Kier alpha value is -5.76. The Labute approximate surface area is 432 Å². The molecule has 4 saturated heterocycles. The second kappa shape index (κ2) is 25.6. The third-order valence-corrected chi connectivity index (χ3v) is 12.8. The number of hydrogen-bond acceptors (Lipinski definition) is 26. The van der Waals surface area contributed by atoms with Crippen molar-refractivity contribution in [3.8, 4) is 11.5 Å². The van der Waals surface area contributed by atoms with Crippen LogP contribution in [0.1, 0.15) is 40.1 Å². The van der Waals surface area contributed by atoms with Crippen LogP contribution in [0.4, 0.5) is 0 Å². The van der Waals surface area contributed by atoms with E-state index in [0.29, 0.717) is 0 Å². The average Bonchev–Trinajstić information content (AvgIpc) is 3.71. The lowest BCUT2D eigenvalue weighted by Gasteiger charge is -2.46. The standard InChI is InChI=1S/C50H60O26/c1-23-41(74-47-38(60)36(58)34(56)30(19-51)70-47)40(62)43(68-24(2)54)49(67-23)69-28-16-14-25(18-29(28)65-3)15-17-33(55)72-44-35(57)31(20-52)75-50(44,22-53)76-48-39(61)37(59)42(73-46(64)27-12-8-5-9-13-27)32(71-48)21-66-45(63)26-10-6-4-7-11-26/h4-18,23,30-32,34-44,47-49,51-53,56-62H,19-22H2,1-3H3. The third-order valence-electron chi connectivity index (χ3n) is 12.8. The van der Waals surface area contributed by atoms with Crippen molar-refractivity contribution in [3.63, 3.8) is 0 Å². The highest BCUT2D eigenvalue weighted by Gasteiger charge is 2.61. The number of aliphatic hydroxyl groups is 10. The summed E-state index contributed by atoms with van der Waals surface area (Å²) in [6.45, 7) is -1.07. The van der Waals surface area contributed by atoms with Crippen LogP contribution in [0.3, 0.4) is 0 Å². The lowest BCUT2D eigenvalue weighted by atomic mass is 9.97. The fourth-order valence-electron chi connectivity index (χ4n) is 8.74. The lowest BCUT2D eigenvalue weighted by molar-refractivity contribution is -0.383. The van der Waals surface area contributed by atoms with Gasteiger partial charge in [0.05, 0.1) is 37.6 Å². The molecule has 19 atom stereocenters. The summed E-state index contributed by atoms with van der Waals surface area (Å²) in [5.74, 6) is -6.46. The molecule has 26 nitrogen and oxygen atoms in total. The fourth-order valence-corrected chi connectivity index (χ4v) is 8.74. The van der Waals surface area contributed by atoms with Gasteiger partial charge in [-0.25, -0.2) is 14.4 Å². The van der Waals surface area contributed by atoms with Crippen LogP contribution >= 0.6 is 0 Å². The molecule has 19 unspecified atom stereocenters. The summed E-state index contributed by atoms with van der Waals surface area (Å²) in [5.41, 5.74) is 0.462. The first-order valence-corrected chi connectivity index (χ1v) is 23.8. The molecule has 26 heteroatoms. The van der Waals surface area contributed by atoms with Gasteiger partial charge in [-0.3, -0.25) is 4.79 Å². The second-order valence-electron chi connectivity index (χ2n) is 17.9. The van der Waals surface area contributed by atoms with Crippen molar-refractivity contribution in [1.29, 1.82) is 0 Å². The largest absolute Gasteiger partial charge is 0.493 e. The molecule has 76 heavy (non-hydrogen) atoms. The molecule has 4 aliphatic heterocycles. The van der Waals surface area contributed by atoms with Crippen LogP contribution in [-0.4, -0.2) is 225 Å². The number of esters is 4. The summed E-state index contributed by atoms with van der Waals surface area (Å²) in [4.78, 5) is 51.9. The quantitative estimate of drug-likeness (QED) is 0.0329. The van der Waals surface area contributed by atoms with Gasteiger partial charge in [-0.15, -0.1) is 0 Å². The number of methoxy groups -OCH3 is 1. The summed E-state index contributed by atoms with van der Waals surface area (Å²) in [5, 5.41) is 107. The van der Waals surface area contributed by atoms with Crippen molar-refractivity contribution in [1.82, 2.24) is 0 Å². The van der Waals surface area contributed by atoms with Crippen molar-refractivity contribution < 1.29 is 127 Å². The van der Waals surface area contributed by atoms with E-state index in [-0.39, 0.29) is 28.2 Å². The molecule has 3 aromatic carbocycles. The highest BCUT2D eigenvalue weighted by molar-refractivity contribution is 5.90. The van der Waals surface area contributed by atoms with E-state index in [2.05, 4.69) is 0 Å². The van der Waals surface area contributed by atoms with Crippen molar-refractivity contribution >= 4 is 30.0 Å². The Balaban J connectivity index is 1.04. The van der Waals surface area contributed by atoms with Crippen LogP contribution in [0, 0.1) is 0 Å². The predicted molar refractivity (Wildman–Crippen MR) is 249 cm³/mol. The summed E-state index contributed by atoms with van der Waals surface area (Å²) >= 11 is 0. The summed E-state index contributed by atoms with van der Waals surface area (Å²) in [7, 11) is 1.27. The maximum absolute atomic E-state index is 13.5. The number of carbonyl (C=O) groups excluding carboxylic acids is 4. The number of aliphatic hydroxyl groups excluding tert-OH is 10. The van der Waals surface area contributed by atoms with Crippen LogP contribution < -0.4 is 9.47 Å². The van der Waals surface area contributed by atoms with Gasteiger partial charge in [0.2, 0.25) is 12.1 Å². The zero-order chi connectivity index (χ0) is 55.0. The van der Waals surface area contributed by atoms with Crippen LogP contribution in [0.2, 0.25) is 0 Å². The van der Waals surface area contributed by atoms with Crippen molar-refractivity contribution in [2.24, 2.45) is 0 Å². The molecule has 4 heterocycles. The highest BCUT2D eigenvalue weighted by Crippen LogP contribution is 2.40. The summed E-state index contributed by atoms with van der Waals surface area (Å²) in [6.07, 6.45) is -28.4. The molecular formula is C50H60O26. The van der Waals surface area contributed by atoms with Gasteiger partial charge in [-0.05, 0) is 55.0 Å². The van der Waals surface area contributed by atoms with Gasteiger partial charge in [-0.1, -0.05) is 42.5 Å². The minimum atomic E-state index is -2.62. The van der Waals surface area contributed by atoms with Crippen molar-refractivity contribution in [2.45, 2.75) is 130 Å². The van der Waals surface area contributed by atoms with E-state index >= 15 is 0 Å². The van der Waals surface area contributed by atoms with E-state index in [1.807, 2.05) is 0 Å².